The summed E-state index contributed by atoms with van der Waals surface area (Å²) >= 11 is 0. The third-order valence-electron chi connectivity index (χ3n) is 6.19. The van der Waals surface area contributed by atoms with E-state index in [1.807, 2.05) is 0 Å². The van der Waals surface area contributed by atoms with E-state index in [9.17, 15) is 26.7 Å². The van der Waals surface area contributed by atoms with E-state index in [0.29, 0.717) is 23.0 Å². The molecule has 0 saturated carbocycles. The molecule has 1 N–H and O–H groups in total. The molecule has 1 aliphatic heterocycles. The van der Waals surface area contributed by atoms with Gasteiger partial charge in [0.05, 0.1) is 5.92 Å². The summed E-state index contributed by atoms with van der Waals surface area (Å²) in [6, 6.07) is 8.22. The van der Waals surface area contributed by atoms with Crippen molar-refractivity contribution >= 4 is 11.7 Å². The van der Waals surface area contributed by atoms with Gasteiger partial charge in [-0.3, -0.25) is 9.20 Å². The molecule has 192 valence electrons. The van der Waals surface area contributed by atoms with Crippen molar-refractivity contribution in [3.05, 3.63) is 78.2 Å². The van der Waals surface area contributed by atoms with E-state index in [2.05, 4.69) is 31.9 Å². The molecule has 13 heteroatoms. The van der Waals surface area contributed by atoms with E-state index in [4.69, 9.17) is 0 Å². The van der Waals surface area contributed by atoms with Gasteiger partial charge in [-0.2, -0.15) is 27.1 Å². The maximum absolute atomic E-state index is 14.4. The molecule has 0 bridgehead atoms. The van der Waals surface area contributed by atoms with Crippen molar-refractivity contribution in [2.24, 2.45) is 5.92 Å². The first-order chi connectivity index (χ1) is 17.6. The molecule has 0 spiro atoms. The van der Waals surface area contributed by atoms with Crippen LogP contribution in [0.3, 0.4) is 0 Å². The van der Waals surface area contributed by atoms with Gasteiger partial charge in [-0.1, -0.05) is 30.8 Å². The zero-order valence-corrected chi connectivity index (χ0v) is 19.2. The highest BCUT2D eigenvalue weighted by Gasteiger charge is 2.42. The second-order valence-electron chi connectivity index (χ2n) is 8.61. The topological polar surface area (TPSA) is 90.0 Å². The molecule has 0 saturated heterocycles. The molecule has 4 aromatic rings. The van der Waals surface area contributed by atoms with Gasteiger partial charge < -0.3 is 5.32 Å². The van der Waals surface area contributed by atoms with Crippen molar-refractivity contribution in [3.63, 3.8) is 0 Å². The van der Waals surface area contributed by atoms with Crippen LogP contribution >= 0.6 is 0 Å². The zero-order chi connectivity index (χ0) is 26.4. The highest BCUT2D eigenvalue weighted by atomic mass is 19.4. The molecule has 1 aromatic carbocycles. The van der Waals surface area contributed by atoms with E-state index >= 15 is 0 Å². The van der Waals surface area contributed by atoms with Gasteiger partial charge in [0.2, 0.25) is 5.78 Å². The van der Waals surface area contributed by atoms with Crippen LogP contribution in [0, 0.1) is 5.92 Å². The number of alkyl halides is 5. The summed E-state index contributed by atoms with van der Waals surface area (Å²) in [6.45, 7) is 3.29. The zero-order valence-electron chi connectivity index (χ0n) is 19.2. The number of benzene rings is 1. The van der Waals surface area contributed by atoms with Gasteiger partial charge in [0.15, 0.2) is 5.82 Å². The fraction of sp³-hybridized carbons (Fsp3) is 0.292. The number of nitrogens with one attached hydrogen (secondary N) is 1. The predicted molar refractivity (Wildman–Crippen MR) is 122 cm³/mol. The van der Waals surface area contributed by atoms with Gasteiger partial charge in [-0.05, 0) is 24.1 Å². The van der Waals surface area contributed by atoms with E-state index < -0.39 is 29.6 Å². The lowest BCUT2D eigenvalue weighted by Gasteiger charge is -2.24. The Morgan fingerprint density at radius 1 is 1.16 bits per heavy atom. The Labute approximate surface area is 206 Å². The number of aryl methyl sites for hydroxylation is 1. The lowest BCUT2D eigenvalue weighted by atomic mass is 9.98. The molecule has 0 radical (unpaired) electrons. The Bertz CT molecular complexity index is 1470. The highest BCUT2D eigenvalue weighted by Crippen LogP contribution is 2.35. The summed E-state index contributed by atoms with van der Waals surface area (Å²) in [5.41, 5.74) is 0.148. The molecular formula is C24H20F5N7O. The van der Waals surface area contributed by atoms with Crippen molar-refractivity contribution in [2.45, 2.75) is 38.0 Å². The highest BCUT2D eigenvalue weighted by molar-refractivity contribution is 5.94. The predicted octanol–water partition coefficient (Wildman–Crippen LogP) is 4.32. The molecule has 3 aromatic heterocycles. The van der Waals surface area contributed by atoms with Crippen LogP contribution in [0.25, 0.3) is 17.2 Å². The summed E-state index contributed by atoms with van der Waals surface area (Å²) in [7, 11) is 0. The number of rotatable bonds is 6. The summed E-state index contributed by atoms with van der Waals surface area (Å²) < 4.78 is 70.7. The number of halogens is 5. The minimum atomic E-state index is -4.27. The number of hydrogen-bond donors (Lipinski definition) is 1. The Morgan fingerprint density at radius 2 is 1.92 bits per heavy atom. The Morgan fingerprint density at radius 3 is 2.62 bits per heavy atom. The molecule has 0 aliphatic carbocycles. The first kappa shape index (κ1) is 24.5. The third-order valence-corrected chi connectivity index (χ3v) is 6.19. The minimum Gasteiger partial charge on any atom is -0.347 e. The van der Waals surface area contributed by atoms with Gasteiger partial charge in [0.1, 0.15) is 17.2 Å². The second kappa shape index (κ2) is 9.05. The normalized spacial score (nSPS) is 16.0. The number of nitrogens with zero attached hydrogens (tertiary/aromatic N) is 6. The lowest BCUT2D eigenvalue weighted by molar-refractivity contribution is -0.179. The number of hydrogen-bond acceptors (Lipinski definition) is 5. The van der Waals surface area contributed by atoms with Crippen LogP contribution in [0.4, 0.5) is 22.0 Å². The van der Waals surface area contributed by atoms with Crippen LogP contribution in [-0.4, -0.2) is 41.2 Å². The van der Waals surface area contributed by atoms with E-state index in [-0.39, 0.29) is 43.2 Å². The van der Waals surface area contributed by atoms with Gasteiger partial charge in [0.25, 0.3) is 5.91 Å². The first-order valence-electron chi connectivity index (χ1n) is 11.3. The van der Waals surface area contributed by atoms with Crippen molar-refractivity contribution in [3.8, 4) is 11.4 Å². The van der Waals surface area contributed by atoms with Crippen LogP contribution in [0.2, 0.25) is 0 Å². The molecule has 37 heavy (non-hydrogen) atoms. The monoisotopic (exact) mass is 517 g/mol. The van der Waals surface area contributed by atoms with Crippen molar-refractivity contribution in [2.75, 3.05) is 0 Å². The third kappa shape index (κ3) is 4.68. The second-order valence-corrected chi connectivity index (χ2v) is 8.61. The standard InChI is InChI=1S/C24H20F5N7O/c1-2-23(25,26)19-18(35-10-3-9-30-22(35)33-19)21(37)31-13-14-4-6-15(7-5-14)20-32-17-12-16(24(27,28)29)8-11-36(17)34-20/h2-7,9-10,16H,1,8,11-13H2,(H,31,37)/t16-/m0/s1. The van der Waals surface area contributed by atoms with Crippen LogP contribution in [0.5, 0.6) is 0 Å². The van der Waals surface area contributed by atoms with Crippen LogP contribution in [-0.2, 0) is 25.4 Å². The molecule has 1 aliphatic rings. The summed E-state index contributed by atoms with van der Waals surface area (Å²) in [6.07, 6.45) is -1.33. The largest absolute Gasteiger partial charge is 0.392 e. The molecular weight excluding hydrogens is 497 g/mol. The molecule has 0 unspecified atom stereocenters. The molecule has 1 amide bonds. The number of fused-ring (bicyclic) bond motifs is 2. The molecule has 8 nitrogen and oxygen atoms in total. The number of aromatic nitrogens is 6. The fourth-order valence-corrected chi connectivity index (χ4v) is 4.18. The first-order valence-corrected chi connectivity index (χ1v) is 11.3. The maximum atomic E-state index is 14.4. The number of imidazole rings is 1. The minimum absolute atomic E-state index is 0.0199. The molecule has 1 atom stereocenters. The molecule has 0 fully saturated rings. The van der Waals surface area contributed by atoms with Crippen LogP contribution < -0.4 is 5.32 Å². The number of amides is 1. The average molecular weight is 517 g/mol. The quantitative estimate of drug-likeness (QED) is 0.304. The average Bonchev–Trinajstić information content (AvgIpc) is 3.49. The smallest absolute Gasteiger partial charge is 0.347 e. The van der Waals surface area contributed by atoms with Crippen molar-refractivity contribution in [1.82, 2.24) is 34.4 Å². The van der Waals surface area contributed by atoms with E-state index in [1.165, 1.54) is 27.5 Å². The fourth-order valence-electron chi connectivity index (χ4n) is 4.18. The van der Waals surface area contributed by atoms with Gasteiger partial charge in [-0.15, -0.1) is 0 Å². The van der Waals surface area contributed by atoms with Crippen molar-refractivity contribution in [1.29, 1.82) is 0 Å². The summed E-state index contributed by atoms with van der Waals surface area (Å²) in [5.74, 6) is -5.20. The number of carbonyl (C=O) groups is 1. The van der Waals surface area contributed by atoms with Crippen LogP contribution in [0.1, 0.15) is 34.0 Å². The SMILES string of the molecule is C=CC(F)(F)c1nc2ncccn2c1C(=O)NCc1ccc(-c2nc3n(n2)CC[C@H](C(F)(F)F)C3)cc1. The summed E-state index contributed by atoms with van der Waals surface area (Å²) in [5, 5.41) is 6.93. The van der Waals surface area contributed by atoms with E-state index in [1.54, 1.807) is 24.3 Å². The van der Waals surface area contributed by atoms with E-state index in [0.717, 1.165) is 0 Å². The lowest BCUT2D eigenvalue weighted by Crippen LogP contribution is -2.31. The van der Waals surface area contributed by atoms with Crippen molar-refractivity contribution < 1.29 is 26.7 Å². The number of carbonyl (C=O) groups excluding carboxylic acids is 1. The Kier molecular flexibility index (Phi) is 6.00. The van der Waals surface area contributed by atoms with Gasteiger partial charge in [-0.25, -0.2) is 19.6 Å². The Hall–Kier alpha value is -4.16. The molecule has 4 heterocycles. The maximum Gasteiger partial charge on any atom is 0.392 e. The summed E-state index contributed by atoms with van der Waals surface area (Å²) in [4.78, 5) is 24.9. The van der Waals surface area contributed by atoms with Crippen LogP contribution in [0.15, 0.2) is 55.4 Å². The molecule has 5 rings (SSSR count). The van der Waals surface area contributed by atoms with Gasteiger partial charge in [0, 0.05) is 37.5 Å². The number of allylic oxidation sites excluding steroid dienone is 1. The van der Waals surface area contributed by atoms with Gasteiger partial charge >= 0.3 is 12.1 Å². The Balaban J connectivity index is 1.31.